The zero-order valence-corrected chi connectivity index (χ0v) is 26.3. The van der Waals surface area contributed by atoms with Crippen molar-refractivity contribution in [3.8, 4) is 12.5 Å². The summed E-state index contributed by atoms with van der Waals surface area (Å²) in [5.74, 6) is 0.628. The van der Waals surface area contributed by atoms with Crippen LogP contribution in [0.2, 0.25) is 0 Å². The normalized spacial score (nSPS) is 17.1. The highest BCUT2D eigenvalue weighted by atomic mass is 32.2. The monoisotopic (exact) mass is 607 g/mol. The molecule has 1 aliphatic rings. The Balaban J connectivity index is 0.00000121. The Bertz CT molecular complexity index is 1250. The second-order valence-electron chi connectivity index (χ2n) is 10.2. The van der Waals surface area contributed by atoms with E-state index in [1.165, 1.54) is 46.9 Å². The number of ether oxygens (including phenoxy) is 1. The van der Waals surface area contributed by atoms with Gasteiger partial charge in [-0.1, -0.05) is 81.8 Å². The predicted molar refractivity (Wildman–Crippen MR) is 174 cm³/mol. The van der Waals surface area contributed by atoms with Gasteiger partial charge in [-0.05, 0) is 72.0 Å². The first-order valence-electron chi connectivity index (χ1n) is 14.7. The van der Waals surface area contributed by atoms with E-state index in [-0.39, 0.29) is 23.8 Å². The van der Waals surface area contributed by atoms with E-state index in [4.69, 9.17) is 9.84 Å². The maximum atomic E-state index is 10.9. The molecule has 232 valence electrons. The van der Waals surface area contributed by atoms with Crippen LogP contribution in [0.15, 0.2) is 83.8 Å². The molecule has 0 radical (unpaired) electrons. The van der Waals surface area contributed by atoms with Crippen LogP contribution in [0.4, 0.5) is 5.69 Å². The minimum atomic E-state index is -0.524. The molecule has 0 heterocycles. The van der Waals surface area contributed by atoms with Crippen LogP contribution >= 0.6 is 11.9 Å². The minimum absolute atomic E-state index is 0.0675. The van der Waals surface area contributed by atoms with E-state index in [1.54, 1.807) is 19.2 Å². The number of nitrogens with one attached hydrogen (secondary N) is 2. The maximum absolute atomic E-state index is 10.9. The van der Waals surface area contributed by atoms with Crippen molar-refractivity contribution in [2.75, 3.05) is 20.2 Å². The van der Waals surface area contributed by atoms with Crippen LogP contribution in [-0.2, 0) is 11.2 Å². The lowest BCUT2D eigenvalue weighted by Gasteiger charge is -2.28. The van der Waals surface area contributed by atoms with E-state index in [1.807, 2.05) is 19.9 Å². The summed E-state index contributed by atoms with van der Waals surface area (Å²) >= 11 is 1.37. The van der Waals surface area contributed by atoms with Crippen LogP contribution in [0, 0.1) is 28.6 Å². The molecular formula is C34H45N3O5S. The Labute approximate surface area is 260 Å². The Hall–Kier alpha value is -3.39. The van der Waals surface area contributed by atoms with Gasteiger partial charge in [0, 0.05) is 37.1 Å². The molecule has 0 spiro atoms. The zero-order chi connectivity index (χ0) is 31.6. The highest BCUT2D eigenvalue weighted by Gasteiger charge is 2.32. The van der Waals surface area contributed by atoms with Gasteiger partial charge in [0.2, 0.25) is 0 Å². The molecule has 0 saturated heterocycles. The first kappa shape index (κ1) is 35.8. The fourth-order valence-corrected chi connectivity index (χ4v) is 6.03. The first-order valence-corrected chi connectivity index (χ1v) is 15.5. The smallest absolute Gasteiger partial charge is 0.269 e. The van der Waals surface area contributed by atoms with Crippen molar-refractivity contribution in [1.82, 2.24) is 10.0 Å². The second kappa shape index (κ2) is 19.7. The lowest BCUT2D eigenvalue weighted by atomic mass is 9.86. The van der Waals surface area contributed by atoms with Gasteiger partial charge in [-0.15, -0.1) is 0 Å². The summed E-state index contributed by atoms with van der Waals surface area (Å²) in [7, 11) is 1.78. The number of aliphatic hydroxyl groups excluding tert-OH is 2. The SMILES string of the molecule is C#CO.CC.COC1Cc2ccccc2C1NCC(CC(O)CNSc1ccc([N+](=O)[O-])cc1)CC(C)c1ccccc1. The van der Waals surface area contributed by atoms with E-state index in [9.17, 15) is 15.2 Å². The van der Waals surface area contributed by atoms with Crippen molar-refractivity contribution >= 4 is 17.6 Å². The van der Waals surface area contributed by atoms with Gasteiger partial charge in [-0.3, -0.25) is 14.8 Å². The predicted octanol–water partition coefficient (Wildman–Crippen LogP) is 6.63. The molecule has 0 bridgehead atoms. The first-order chi connectivity index (χ1) is 20.9. The molecule has 9 heteroatoms. The van der Waals surface area contributed by atoms with Gasteiger partial charge in [0.15, 0.2) is 0 Å². The molecule has 4 rings (SSSR count). The molecule has 0 saturated carbocycles. The van der Waals surface area contributed by atoms with Crippen molar-refractivity contribution in [2.24, 2.45) is 5.92 Å². The number of nitrogens with zero attached hydrogens (tertiary/aromatic N) is 1. The molecule has 0 fully saturated rings. The van der Waals surface area contributed by atoms with Crippen molar-refractivity contribution in [2.45, 2.75) is 69.1 Å². The van der Waals surface area contributed by atoms with Crippen molar-refractivity contribution in [3.63, 3.8) is 0 Å². The van der Waals surface area contributed by atoms with Crippen LogP contribution in [0.1, 0.15) is 62.3 Å². The van der Waals surface area contributed by atoms with Crippen molar-refractivity contribution in [3.05, 3.63) is 106 Å². The number of rotatable bonds is 14. The minimum Gasteiger partial charge on any atom is -0.462 e. The molecule has 43 heavy (non-hydrogen) atoms. The summed E-state index contributed by atoms with van der Waals surface area (Å²) in [4.78, 5) is 11.3. The summed E-state index contributed by atoms with van der Waals surface area (Å²) in [6, 6.07) is 25.6. The number of aliphatic hydroxyl groups is 2. The molecule has 0 amide bonds. The average molecular weight is 608 g/mol. The third-order valence-corrected chi connectivity index (χ3v) is 8.15. The average Bonchev–Trinajstić information content (AvgIpc) is 3.39. The topological polar surface area (TPSA) is 117 Å². The second-order valence-corrected chi connectivity index (χ2v) is 11.2. The maximum Gasteiger partial charge on any atom is 0.269 e. The van der Waals surface area contributed by atoms with Gasteiger partial charge in [-0.2, -0.15) is 0 Å². The van der Waals surface area contributed by atoms with Crippen LogP contribution in [-0.4, -0.2) is 47.5 Å². The molecule has 0 aliphatic heterocycles. The van der Waals surface area contributed by atoms with Gasteiger partial charge in [-0.25, -0.2) is 0 Å². The number of hydrogen-bond donors (Lipinski definition) is 4. The Morgan fingerprint density at radius 2 is 1.67 bits per heavy atom. The van der Waals surface area contributed by atoms with E-state index in [2.05, 4.69) is 71.9 Å². The fraction of sp³-hybridized carbons (Fsp3) is 0.412. The van der Waals surface area contributed by atoms with Crippen LogP contribution in [0.5, 0.6) is 0 Å². The Morgan fingerprint density at radius 1 is 1.05 bits per heavy atom. The molecule has 5 unspecified atom stereocenters. The number of hydrogen-bond acceptors (Lipinski definition) is 8. The molecule has 8 nitrogen and oxygen atoms in total. The third-order valence-electron chi connectivity index (χ3n) is 7.33. The van der Waals surface area contributed by atoms with Crippen LogP contribution in [0.3, 0.4) is 0 Å². The number of nitro groups is 1. The third kappa shape index (κ3) is 11.7. The number of methoxy groups -OCH3 is 1. The zero-order valence-electron chi connectivity index (χ0n) is 25.5. The summed E-state index contributed by atoms with van der Waals surface area (Å²) < 4.78 is 9.05. The van der Waals surface area contributed by atoms with E-state index < -0.39 is 11.0 Å². The number of non-ortho nitro benzene ring substituents is 1. The quantitative estimate of drug-likeness (QED) is 0.0698. The molecule has 3 aromatic rings. The molecule has 4 N–H and O–H groups in total. The van der Waals surface area contributed by atoms with E-state index >= 15 is 0 Å². The highest BCUT2D eigenvalue weighted by Crippen LogP contribution is 2.34. The van der Waals surface area contributed by atoms with Gasteiger partial charge in [0.1, 0.15) is 6.11 Å². The molecule has 0 aromatic heterocycles. The number of nitro benzene ring substituents is 1. The van der Waals surface area contributed by atoms with Crippen molar-refractivity contribution < 1.29 is 19.9 Å². The molecule has 1 aliphatic carbocycles. The molecule has 5 atom stereocenters. The van der Waals surface area contributed by atoms with Crippen molar-refractivity contribution in [1.29, 1.82) is 0 Å². The van der Waals surface area contributed by atoms with Gasteiger partial charge < -0.3 is 20.3 Å². The largest absolute Gasteiger partial charge is 0.462 e. The highest BCUT2D eigenvalue weighted by molar-refractivity contribution is 7.97. The van der Waals surface area contributed by atoms with Gasteiger partial charge >= 0.3 is 0 Å². The Kier molecular flexibility index (Phi) is 16.4. The lowest BCUT2D eigenvalue weighted by Crippen LogP contribution is -2.36. The summed E-state index contributed by atoms with van der Waals surface area (Å²) in [5.41, 5.74) is 4.01. The van der Waals surface area contributed by atoms with Gasteiger partial charge in [0.25, 0.3) is 5.69 Å². The van der Waals surface area contributed by atoms with E-state index in [0.29, 0.717) is 18.9 Å². The van der Waals surface area contributed by atoms with Crippen LogP contribution < -0.4 is 10.0 Å². The van der Waals surface area contributed by atoms with E-state index in [0.717, 1.165) is 24.3 Å². The standard InChI is InChI=1S/C30H37N3O4S.C2H2O.C2H6/c1-21(23-8-4-3-5-9-23)16-22(19-31-30-28-11-7-6-10-24(28)18-29(30)37-2)17-26(34)20-32-38-27-14-12-25(13-15-27)33(35)36;1-2-3;1-2/h3-15,21-22,26,29-32,34H,16-20H2,1-2H3;1,3H;1-2H3. The summed E-state index contributed by atoms with van der Waals surface area (Å²) in [5, 5.41) is 32.7. The van der Waals surface area contributed by atoms with Gasteiger partial charge in [0.05, 0.1) is 23.2 Å². The number of terminal acetylenes is 1. The number of fused-ring (bicyclic) bond motifs is 1. The Morgan fingerprint density at radius 3 is 2.30 bits per heavy atom. The lowest BCUT2D eigenvalue weighted by molar-refractivity contribution is -0.384. The number of benzene rings is 3. The molecular weight excluding hydrogens is 562 g/mol. The summed E-state index contributed by atoms with van der Waals surface area (Å²) in [6.07, 6.45) is 7.50. The molecule has 3 aromatic carbocycles. The summed E-state index contributed by atoms with van der Waals surface area (Å²) in [6.45, 7) is 7.45. The fourth-order valence-electron chi connectivity index (χ4n) is 5.32. The van der Waals surface area contributed by atoms with Crippen LogP contribution in [0.25, 0.3) is 0 Å².